The molecule has 3 aromatic rings. The number of piperazine rings is 1. The Bertz CT molecular complexity index is 831. The highest BCUT2D eigenvalue weighted by atomic mass is 16.5. The highest BCUT2D eigenvalue weighted by molar-refractivity contribution is 5.31. The minimum Gasteiger partial charge on any atom is -0.339 e. The number of benzene rings is 2. The second-order valence-electron chi connectivity index (χ2n) is 8.24. The zero-order valence-corrected chi connectivity index (χ0v) is 17.4. The molecule has 5 nitrogen and oxygen atoms in total. The van der Waals surface area contributed by atoms with E-state index < -0.39 is 0 Å². The Morgan fingerprint density at radius 2 is 1.45 bits per heavy atom. The van der Waals surface area contributed by atoms with E-state index in [4.69, 9.17) is 4.52 Å². The molecule has 0 N–H and O–H groups in total. The van der Waals surface area contributed by atoms with Gasteiger partial charge in [-0.25, -0.2) is 0 Å². The molecule has 0 radical (unpaired) electrons. The summed E-state index contributed by atoms with van der Waals surface area (Å²) >= 11 is 0. The molecule has 0 aliphatic carbocycles. The van der Waals surface area contributed by atoms with Crippen LogP contribution in [0.2, 0.25) is 0 Å². The maximum Gasteiger partial charge on any atom is 0.226 e. The second-order valence-corrected chi connectivity index (χ2v) is 8.24. The van der Waals surface area contributed by atoms with Crippen molar-refractivity contribution in [1.29, 1.82) is 0 Å². The lowest BCUT2D eigenvalue weighted by Crippen LogP contribution is -2.47. The molecule has 0 atom stereocenters. The fourth-order valence-corrected chi connectivity index (χ4v) is 4.05. The maximum atomic E-state index is 5.39. The number of hydrogen-bond acceptors (Lipinski definition) is 5. The van der Waals surface area contributed by atoms with Crippen LogP contribution >= 0.6 is 0 Å². The van der Waals surface area contributed by atoms with Crippen LogP contribution in [-0.4, -0.2) is 46.1 Å². The average Bonchev–Trinajstić information content (AvgIpc) is 3.17. The lowest BCUT2D eigenvalue weighted by atomic mass is 9.96. The average molecular weight is 391 g/mol. The van der Waals surface area contributed by atoms with Gasteiger partial charge in [-0.05, 0) is 17.0 Å². The van der Waals surface area contributed by atoms with Gasteiger partial charge in [0.1, 0.15) is 0 Å². The van der Waals surface area contributed by atoms with Gasteiger partial charge in [-0.3, -0.25) is 9.80 Å². The van der Waals surface area contributed by atoms with Crippen LogP contribution < -0.4 is 0 Å². The van der Waals surface area contributed by atoms with E-state index in [1.54, 1.807) is 0 Å². The quantitative estimate of drug-likeness (QED) is 0.606. The molecular weight excluding hydrogens is 360 g/mol. The van der Waals surface area contributed by atoms with Gasteiger partial charge in [0.25, 0.3) is 0 Å². The SMILES string of the molecule is CC(C)Cc1nc(CN2CCN(C(c3ccccc3)c3ccccc3)CC2)no1. The number of aromatic nitrogens is 2. The molecule has 0 saturated carbocycles. The molecule has 1 saturated heterocycles. The van der Waals surface area contributed by atoms with Gasteiger partial charge in [0.2, 0.25) is 5.89 Å². The third-order valence-corrected chi connectivity index (χ3v) is 5.46. The molecule has 1 fully saturated rings. The molecule has 0 amide bonds. The van der Waals surface area contributed by atoms with Crippen LogP contribution in [0.4, 0.5) is 0 Å². The van der Waals surface area contributed by atoms with Crippen molar-refractivity contribution in [3.8, 4) is 0 Å². The van der Waals surface area contributed by atoms with Crippen LogP contribution in [0.1, 0.15) is 42.7 Å². The van der Waals surface area contributed by atoms with Crippen molar-refractivity contribution in [3.05, 3.63) is 83.5 Å². The van der Waals surface area contributed by atoms with Crippen LogP contribution in [0, 0.1) is 5.92 Å². The largest absolute Gasteiger partial charge is 0.339 e. The first-order valence-electron chi connectivity index (χ1n) is 10.6. The van der Waals surface area contributed by atoms with Crippen LogP contribution in [0.3, 0.4) is 0 Å². The molecule has 1 aromatic heterocycles. The van der Waals surface area contributed by atoms with Crippen LogP contribution in [0.5, 0.6) is 0 Å². The van der Waals surface area contributed by atoms with Crippen molar-refractivity contribution in [2.24, 2.45) is 5.92 Å². The third-order valence-electron chi connectivity index (χ3n) is 5.46. The van der Waals surface area contributed by atoms with Gasteiger partial charge in [-0.15, -0.1) is 0 Å². The van der Waals surface area contributed by atoms with E-state index >= 15 is 0 Å². The standard InChI is InChI=1S/C24H30N4O/c1-19(2)17-23-25-22(26-29-23)18-27-13-15-28(16-14-27)24(20-9-5-3-6-10-20)21-11-7-4-8-12-21/h3-12,19,24H,13-18H2,1-2H3. The molecule has 152 valence electrons. The Labute approximate surface area is 173 Å². The lowest BCUT2D eigenvalue weighted by Gasteiger charge is -2.39. The van der Waals surface area contributed by atoms with Gasteiger partial charge >= 0.3 is 0 Å². The first-order chi connectivity index (χ1) is 14.2. The Kier molecular flexibility index (Phi) is 6.37. The summed E-state index contributed by atoms with van der Waals surface area (Å²) in [7, 11) is 0. The Balaban J connectivity index is 1.41. The predicted molar refractivity (Wildman–Crippen MR) is 114 cm³/mol. The Morgan fingerprint density at radius 3 is 2.00 bits per heavy atom. The summed E-state index contributed by atoms with van der Waals surface area (Å²) in [5, 5.41) is 4.17. The first kappa shape index (κ1) is 19.8. The van der Waals surface area contributed by atoms with Crippen molar-refractivity contribution in [2.75, 3.05) is 26.2 Å². The fraction of sp³-hybridized carbons (Fsp3) is 0.417. The summed E-state index contributed by atoms with van der Waals surface area (Å²) in [6.07, 6.45) is 0.844. The third kappa shape index (κ3) is 5.11. The van der Waals surface area contributed by atoms with Crippen molar-refractivity contribution < 1.29 is 4.52 Å². The van der Waals surface area contributed by atoms with Gasteiger partial charge in [0.15, 0.2) is 5.82 Å². The first-order valence-corrected chi connectivity index (χ1v) is 10.6. The fourth-order valence-electron chi connectivity index (χ4n) is 4.05. The van der Waals surface area contributed by atoms with Crippen molar-refractivity contribution in [2.45, 2.75) is 32.9 Å². The molecule has 1 aliphatic rings. The number of hydrogen-bond donors (Lipinski definition) is 0. The number of nitrogens with zero attached hydrogens (tertiary/aromatic N) is 4. The van der Waals surface area contributed by atoms with Gasteiger partial charge < -0.3 is 4.52 Å². The Hall–Kier alpha value is -2.50. The molecule has 29 heavy (non-hydrogen) atoms. The van der Waals surface area contributed by atoms with Gasteiger partial charge in [-0.2, -0.15) is 4.98 Å². The van der Waals surface area contributed by atoms with Gasteiger partial charge in [-0.1, -0.05) is 79.7 Å². The minimum atomic E-state index is 0.294. The van der Waals surface area contributed by atoms with Crippen LogP contribution in [-0.2, 0) is 13.0 Å². The van der Waals surface area contributed by atoms with Crippen LogP contribution in [0.15, 0.2) is 65.2 Å². The highest BCUT2D eigenvalue weighted by Crippen LogP contribution is 2.29. The summed E-state index contributed by atoms with van der Waals surface area (Å²) in [4.78, 5) is 9.57. The molecule has 4 rings (SSSR count). The summed E-state index contributed by atoms with van der Waals surface area (Å²) < 4.78 is 5.39. The Morgan fingerprint density at radius 1 is 0.862 bits per heavy atom. The lowest BCUT2D eigenvalue weighted by molar-refractivity contribution is 0.102. The molecule has 1 aliphatic heterocycles. The minimum absolute atomic E-state index is 0.294. The summed E-state index contributed by atoms with van der Waals surface area (Å²) in [5.74, 6) is 2.08. The molecule has 0 bridgehead atoms. The normalized spacial score (nSPS) is 16.0. The van der Waals surface area contributed by atoms with Gasteiger partial charge in [0, 0.05) is 32.6 Å². The monoisotopic (exact) mass is 390 g/mol. The van der Waals surface area contributed by atoms with E-state index in [-0.39, 0.29) is 0 Å². The molecule has 2 aromatic carbocycles. The molecule has 2 heterocycles. The molecule has 5 heteroatoms. The summed E-state index contributed by atoms with van der Waals surface area (Å²) in [6.45, 7) is 9.14. The van der Waals surface area contributed by atoms with E-state index in [2.05, 4.69) is 94.5 Å². The van der Waals surface area contributed by atoms with Crippen molar-refractivity contribution in [3.63, 3.8) is 0 Å². The van der Waals surface area contributed by atoms with E-state index in [0.717, 1.165) is 50.9 Å². The highest BCUT2D eigenvalue weighted by Gasteiger charge is 2.26. The molecule has 0 unspecified atom stereocenters. The smallest absolute Gasteiger partial charge is 0.226 e. The molecule has 0 spiro atoms. The summed E-state index contributed by atoms with van der Waals surface area (Å²) in [5.41, 5.74) is 2.70. The van der Waals surface area contributed by atoms with Crippen LogP contribution in [0.25, 0.3) is 0 Å². The van der Waals surface area contributed by atoms with E-state index in [9.17, 15) is 0 Å². The van der Waals surface area contributed by atoms with E-state index in [1.807, 2.05) is 0 Å². The topological polar surface area (TPSA) is 45.4 Å². The number of rotatable bonds is 7. The molecular formula is C24H30N4O. The maximum absolute atomic E-state index is 5.39. The van der Waals surface area contributed by atoms with Crippen molar-refractivity contribution >= 4 is 0 Å². The van der Waals surface area contributed by atoms with E-state index in [0.29, 0.717) is 12.0 Å². The van der Waals surface area contributed by atoms with Crippen molar-refractivity contribution in [1.82, 2.24) is 19.9 Å². The second kappa shape index (κ2) is 9.33. The predicted octanol–water partition coefficient (Wildman–Crippen LogP) is 4.18. The van der Waals surface area contributed by atoms with E-state index in [1.165, 1.54) is 11.1 Å². The zero-order chi connectivity index (χ0) is 20.1. The zero-order valence-electron chi connectivity index (χ0n) is 17.4. The van der Waals surface area contributed by atoms with Gasteiger partial charge in [0.05, 0.1) is 12.6 Å². The summed E-state index contributed by atoms with van der Waals surface area (Å²) in [6, 6.07) is 21.9.